The van der Waals surface area contributed by atoms with Crippen LogP contribution in [0.2, 0.25) is 0 Å². The molecule has 0 saturated heterocycles. The van der Waals surface area contributed by atoms with Crippen LogP contribution in [0.25, 0.3) is 16.7 Å². The molecule has 1 aliphatic rings. The van der Waals surface area contributed by atoms with Crippen molar-refractivity contribution in [3.63, 3.8) is 0 Å². The Morgan fingerprint density at radius 3 is 2.72 bits per heavy atom. The number of pyridine rings is 1. The zero-order valence-electron chi connectivity index (χ0n) is 16.2. The largest absolute Gasteiger partial charge is 0.325 e. The summed E-state index contributed by atoms with van der Waals surface area (Å²) >= 11 is 0. The van der Waals surface area contributed by atoms with Crippen molar-refractivity contribution < 1.29 is 4.79 Å². The summed E-state index contributed by atoms with van der Waals surface area (Å²) in [5.41, 5.74) is 5.95. The van der Waals surface area contributed by atoms with Crippen molar-refractivity contribution in [3.8, 4) is 11.1 Å². The highest BCUT2D eigenvalue weighted by Gasteiger charge is 2.26. The molecule has 0 spiro atoms. The molecule has 1 aliphatic heterocycles. The molecule has 2 aromatic heterocycles. The van der Waals surface area contributed by atoms with E-state index in [4.69, 9.17) is 0 Å². The maximum Gasteiger partial charge on any atom is 0.256 e. The Bertz CT molecular complexity index is 1120. The molecule has 29 heavy (non-hydrogen) atoms. The van der Waals surface area contributed by atoms with E-state index in [0.717, 1.165) is 46.7 Å². The number of hydrogen-bond acceptors (Lipinski definition) is 3. The van der Waals surface area contributed by atoms with E-state index in [1.54, 1.807) is 18.3 Å². The number of carbonyl (C=O) groups is 1. The Labute approximate surface area is 169 Å². The minimum absolute atomic E-state index is 0.194. The molecule has 0 unspecified atom stereocenters. The van der Waals surface area contributed by atoms with Crippen LogP contribution in [0.4, 0.5) is 11.6 Å². The number of benzene rings is 1. The van der Waals surface area contributed by atoms with Crippen LogP contribution < -0.4 is 5.32 Å². The van der Waals surface area contributed by atoms with E-state index in [-0.39, 0.29) is 5.91 Å². The summed E-state index contributed by atoms with van der Waals surface area (Å²) in [7, 11) is 0. The monoisotopic (exact) mass is 383 g/mol. The quantitative estimate of drug-likeness (QED) is 0.503. The van der Waals surface area contributed by atoms with Gasteiger partial charge in [0.25, 0.3) is 5.91 Å². The summed E-state index contributed by atoms with van der Waals surface area (Å²) in [4.78, 5) is 24.8. The van der Waals surface area contributed by atoms with Gasteiger partial charge in [0.05, 0.1) is 5.69 Å². The van der Waals surface area contributed by atoms with Crippen molar-refractivity contribution in [3.05, 3.63) is 72.1 Å². The van der Waals surface area contributed by atoms with Gasteiger partial charge < -0.3 is 9.88 Å². The molecule has 3 aromatic rings. The van der Waals surface area contributed by atoms with Gasteiger partial charge in [-0.3, -0.25) is 9.79 Å². The highest BCUT2D eigenvalue weighted by atomic mass is 16.1. The lowest BCUT2D eigenvalue weighted by Gasteiger charge is -2.08. The number of carbonyl (C=O) groups excluding carboxylic acids is 1. The molecule has 1 N–H and O–H groups in total. The Balaban J connectivity index is 1.68. The third-order valence-corrected chi connectivity index (χ3v) is 5.05. The molecule has 6 nitrogen and oxygen atoms in total. The van der Waals surface area contributed by atoms with Gasteiger partial charge in [-0.25, -0.2) is 9.98 Å². The van der Waals surface area contributed by atoms with Crippen molar-refractivity contribution in [2.75, 3.05) is 5.32 Å². The van der Waals surface area contributed by atoms with E-state index in [9.17, 15) is 4.79 Å². The number of nitrogens with zero attached hydrogens (tertiary/aromatic N) is 4. The Morgan fingerprint density at radius 2 is 2.03 bits per heavy atom. The lowest BCUT2D eigenvalue weighted by Crippen LogP contribution is -2.12. The molecule has 6 heteroatoms. The summed E-state index contributed by atoms with van der Waals surface area (Å²) in [6.07, 6.45) is 4.01. The lowest BCUT2D eigenvalue weighted by molar-refractivity contribution is 0.102. The molecule has 144 valence electrons. The highest BCUT2D eigenvalue weighted by Crippen LogP contribution is 2.44. The minimum Gasteiger partial charge on any atom is -0.325 e. The molecule has 0 saturated carbocycles. The van der Waals surface area contributed by atoms with Crippen molar-refractivity contribution in [2.45, 2.75) is 19.9 Å². The second kappa shape index (κ2) is 7.67. The zero-order chi connectivity index (χ0) is 20.4. The van der Waals surface area contributed by atoms with Crippen LogP contribution in [0.3, 0.4) is 0 Å². The van der Waals surface area contributed by atoms with Crippen molar-refractivity contribution >= 4 is 36.2 Å². The van der Waals surface area contributed by atoms with Crippen LogP contribution in [0.5, 0.6) is 0 Å². The number of anilines is 1. The molecule has 4 rings (SSSR count). The topological polar surface area (TPSA) is 71.6 Å². The van der Waals surface area contributed by atoms with E-state index in [0.29, 0.717) is 11.4 Å². The molecule has 0 radical (unpaired) electrons. The zero-order valence-corrected chi connectivity index (χ0v) is 16.2. The lowest BCUT2D eigenvalue weighted by atomic mass is 9.97. The molecular formula is C23H21N5O. The van der Waals surface area contributed by atoms with E-state index in [2.05, 4.69) is 38.1 Å². The van der Waals surface area contributed by atoms with Crippen molar-refractivity contribution in [2.24, 2.45) is 9.98 Å². The van der Waals surface area contributed by atoms with Crippen LogP contribution in [-0.2, 0) is 6.54 Å². The van der Waals surface area contributed by atoms with Crippen LogP contribution in [0.1, 0.15) is 28.0 Å². The standard InChI is InChI=1S/C23H21N5O/c1-15-11-13-28-21(15)20(16(2)22(28)26-14-24-3)17-7-9-18(10-8-17)23(29)27-19-6-4-5-12-25-19/h4-10,12,14H,1,3,11,13H2,2H3,(H,25,27,29)/b26-14-. The highest BCUT2D eigenvalue weighted by molar-refractivity contribution is 6.04. The first-order valence-electron chi connectivity index (χ1n) is 9.32. The number of hydrogen-bond donors (Lipinski definition) is 1. The average molecular weight is 383 g/mol. The van der Waals surface area contributed by atoms with E-state index < -0.39 is 0 Å². The molecular weight excluding hydrogens is 362 g/mol. The second-order valence-electron chi connectivity index (χ2n) is 6.85. The minimum atomic E-state index is -0.194. The molecule has 1 amide bonds. The van der Waals surface area contributed by atoms with Crippen LogP contribution in [-0.4, -0.2) is 28.5 Å². The number of nitrogens with one attached hydrogen (secondary N) is 1. The molecule has 0 aliphatic carbocycles. The van der Waals surface area contributed by atoms with E-state index in [1.807, 2.05) is 37.3 Å². The second-order valence-corrected chi connectivity index (χ2v) is 6.85. The third kappa shape index (κ3) is 3.40. The van der Waals surface area contributed by atoms with Crippen molar-refractivity contribution in [1.29, 1.82) is 0 Å². The normalized spacial score (nSPS) is 12.9. The van der Waals surface area contributed by atoms with Crippen LogP contribution in [0.15, 0.2) is 65.2 Å². The van der Waals surface area contributed by atoms with Crippen LogP contribution >= 0.6 is 0 Å². The SMILES string of the molecule is C=N/C=N\c1c(C)c(-c2ccc(C(=O)Nc3ccccn3)cc2)c2n1CCC2=C. The van der Waals surface area contributed by atoms with E-state index in [1.165, 1.54) is 6.34 Å². The van der Waals surface area contributed by atoms with E-state index >= 15 is 0 Å². The number of rotatable bonds is 5. The first-order valence-corrected chi connectivity index (χ1v) is 9.32. The van der Waals surface area contributed by atoms with Gasteiger partial charge in [-0.1, -0.05) is 24.8 Å². The summed E-state index contributed by atoms with van der Waals surface area (Å²) in [6.45, 7) is 10.6. The maximum absolute atomic E-state index is 12.5. The first-order chi connectivity index (χ1) is 14.1. The number of aromatic nitrogens is 2. The molecule has 1 aromatic carbocycles. The molecule has 0 fully saturated rings. The summed E-state index contributed by atoms with van der Waals surface area (Å²) in [5.74, 6) is 1.20. The van der Waals surface area contributed by atoms with Gasteiger partial charge in [-0.15, -0.1) is 0 Å². The number of amides is 1. The van der Waals surface area contributed by atoms with Gasteiger partial charge in [0, 0.05) is 29.4 Å². The van der Waals surface area contributed by atoms with Crippen LogP contribution in [0, 0.1) is 6.92 Å². The van der Waals surface area contributed by atoms with Gasteiger partial charge in [0.2, 0.25) is 0 Å². The molecule has 3 heterocycles. The Morgan fingerprint density at radius 1 is 1.24 bits per heavy atom. The smallest absolute Gasteiger partial charge is 0.256 e. The fraction of sp³-hybridized carbons (Fsp3) is 0.130. The third-order valence-electron chi connectivity index (χ3n) is 5.05. The first kappa shape index (κ1) is 18.6. The number of fused-ring (bicyclic) bond motifs is 1. The molecule has 0 bridgehead atoms. The Kier molecular flexibility index (Phi) is 4.91. The van der Waals surface area contributed by atoms with Gasteiger partial charge in [0.15, 0.2) is 0 Å². The number of allylic oxidation sites excluding steroid dienone is 1. The predicted molar refractivity (Wildman–Crippen MR) is 118 cm³/mol. The molecule has 0 atom stereocenters. The summed E-state index contributed by atoms with van der Waals surface area (Å²) in [5, 5.41) is 2.80. The average Bonchev–Trinajstić information content (AvgIpc) is 3.24. The Hall–Kier alpha value is -3.80. The maximum atomic E-state index is 12.5. The van der Waals surface area contributed by atoms with Gasteiger partial charge >= 0.3 is 0 Å². The van der Waals surface area contributed by atoms with Crippen molar-refractivity contribution in [1.82, 2.24) is 9.55 Å². The number of aliphatic imine (C=N–C) groups is 2. The summed E-state index contributed by atoms with van der Waals surface area (Å²) < 4.78 is 2.18. The fourth-order valence-corrected chi connectivity index (χ4v) is 3.71. The summed E-state index contributed by atoms with van der Waals surface area (Å²) in [6, 6.07) is 13.0. The van der Waals surface area contributed by atoms with Gasteiger partial charge in [0.1, 0.15) is 18.0 Å². The predicted octanol–water partition coefficient (Wildman–Crippen LogP) is 4.89. The fourth-order valence-electron chi connectivity index (χ4n) is 3.71. The van der Waals surface area contributed by atoms with Gasteiger partial charge in [-0.05, 0) is 55.5 Å². The van der Waals surface area contributed by atoms with Gasteiger partial charge in [-0.2, -0.15) is 0 Å².